The van der Waals surface area contributed by atoms with E-state index >= 15 is 0 Å². The summed E-state index contributed by atoms with van der Waals surface area (Å²) in [5.41, 5.74) is 0.234. The molecule has 4 heterocycles. The quantitative estimate of drug-likeness (QED) is 0.655. The van der Waals surface area contributed by atoms with Gasteiger partial charge in [0.05, 0.1) is 23.6 Å². The monoisotopic (exact) mass is 433 g/mol. The molecule has 31 heavy (non-hydrogen) atoms. The number of benzene rings is 1. The first-order valence-corrected chi connectivity index (χ1v) is 10.1. The van der Waals surface area contributed by atoms with Gasteiger partial charge >= 0.3 is 6.18 Å². The van der Waals surface area contributed by atoms with E-state index in [1.807, 2.05) is 24.3 Å². The maximum Gasteiger partial charge on any atom is 0.431 e. The van der Waals surface area contributed by atoms with Crippen LogP contribution in [0.3, 0.4) is 0 Å². The second-order valence-electron chi connectivity index (χ2n) is 7.84. The van der Waals surface area contributed by atoms with Gasteiger partial charge in [-0.3, -0.25) is 4.90 Å². The fraction of sp³-hybridized carbons (Fsp3) is 0.429. The molecule has 3 atom stereocenters. The largest absolute Gasteiger partial charge is 0.491 e. The van der Waals surface area contributed by atoms with Crippen LogP contribution in [-0.4, -0.2) is 58.8 Å². The predicted octanol–water partition coefficient (Wildman–Crippen LogP) is 3.61. The number of nitrogens with one attached hydrogen (secondary N) is 2. The highest BCUT2D eigenvalue weighted by Crippen LogP contribution is 2.39. The van der Waals surface area contributed by atoms with Crippen LogP contribution in [0.2, 0.25) is 0 Å². The summed E-state index contributed by atoms with van der Waals surface area (Å²) < 4.78 is 51.2. The van der Waals surface area contributed by atoms with E-state index in [1.54, 1.807) is 7.11 Å². The fourth-order valence-corrected chi connectivity index (χ4v) is 4.44. The molecule has 0 saturated carbocycles. The highest BCUT2D eigenvalue weighted by atomic mass is 19.4. The van der Waals surface area contributed by atoms with Gasteiger partial charge in [-0.1, -0.05) is 18.2 Å². The number of nitrogens with zero attached hydrogens (tertiary/aromatic N) is 3. The maximum absolute atomic E-state index is 13.2. The molecule has 0 unspecified atom stereocenters. The van der Waals surface area contributed by atoms with E-state index < -0.39 is 11.9 Å². The van der Waals surface area contributed by atoms with E-state index in [1.165, 1.54) is 6.33 Å². The molecule has 0 amide bonds. The molecule has 2 aliphatic heterocycles. The lowest BCUT2D eigenvalue weighted by Crippen LogP contribution is -2.47. The van der Waals surface area contributed by atoms with Gasteiger partial charge in [0.25, 0.3) is 0 Å². The van der Waals surface area contributed by atoms with Crippen molar-refractivity contribution in [1.82, 2.24) is 19.9 Å². The molecule has 0 spiro atoms. The molecule has 0 bridgehead atoms. The van der Waals surface area contributed by atoms with Gasteiger partial charge in [0.15, 0.2) is 0 Å². The minimum absolute atomic E-state index is 0.0268. The number of para-hydroxylation sites is 1. The molecule has 0 aliphatic carbocycles. The van der Waals surface area contributed by atoms with Crippen LogP contribution in [0.1, 0.15) is 23.7 Å². The van der Waals surface area contributed by atoms with Crippen LogP contribution in [0, 0.1) is 0 Å². The third-order valence-corrected chi connectivity index (χ3v) is 6.05. The first-order valence-electron chi connectivity index (χ1n) is 10.1. The summed E-state index contributed by atoms with van der Waals surface area (Å²) in [7, 11) is 1.71. The minimum Gasteiger partial charge on any atom is -0.491 e. The van der Waals surface area contributed by atoms with E-state index in [0.29, 0.717) is 17.8 Å². The third kappa shape index (κ3) is 3.70. The Morgan fingerprint density at radius 2 is 2.10 bits per heavy atom. The van der Waals surface area contributed by atoms with Gasteiger partial charge in [0.1, 0.15) is 35.8 Å². The van der Waals surface area contributed by atoms with Crippen LogP contribution in [0.5, 0.6) is 5.75 Å². The van der Waals surface area contributed by atoms with Crippen LogP contribution in [-0.2, 0) is 10.9 Å². The molecule has 2 aromatic heterocycles. The molecule has 1 fully saturated rings. The van der Waals surface area contributed by atoms with Crippen molar-refractivity contribution in [3.8, 4) is 5.75 Å². The van der Waals surface area contributed by atoms with Crippen molar-refractivity contribution in [3.05, 3.63) is 47.9 Å². The van der Waals surface area contributed by atoms with E-state index in [-0.39, 0.29) is 23.8 Å². The number of likely N-dealkylation sites (tertiary alicyclic amines) is 1. The Labute approximate surface area is 176 Å². The number of rotatable bonds is 4. The van der Waals surface area contributed by atoms with Crippen LogP contribution < -0.4 is 10.1 Å². The smallest absolute Gasteiger partial charge is 0.431 e. The zero-order valence-corrected chi connectivity index (χ0v) is 16.8. The molecule has 1 aromatic carbocycles. The van der Waals surface area contributed by atoms with Gasteiger partial charge in [-0.05, 0) is 18.6 Å². The number of anilines is 1. The molecule has 164 valence electrons. The van der Waals surface area contributed by atoms with Crippen molar-refractivity contribution in [3.63, 3.8) is 0 Å². The van der Waals surface area contributed by atoms with Gasteiger partial charge in [-0.2, -0.15) is 13.2 Å². The third-order valence-electron chi connectivity index (χ3n) is 6.05. The van der Waals surface area contributed by atoms with E-state index in [0.717, 1.165) is 36.9 Å². The Kier molecular flexibility index (Phi) is 4.98. The number of H-pyrrole nitrogens is 1. The number of methoxy groups -OCH3 is 1. The number of fused-ring (bicyclic) bond motifs is 2. The highest BCUT2D eigenvalue weighted by Gasteiger charge is 2.39. The van der Waals surface area contributed by atoms with Crippen LogP contribution in [0.4, 0.5) is 19.0 Å². The van der Waals surface area contributed by atoms with Crippen molar-refractivity contribution in [1.29, 1.82) is 0 Å². The standard InChI is InChI=1S/C21H22F3N5O2/c1-30-12-6-7-29(9-12)15-10-31-16-5-3-2-4-13(16)18(15)28-20-14-8-17(21(22,23)24)27-19(14)25-11-26-20/h2-5,8,11-12,15,18H,6-7,9-10H2,1H3,(H2,25,26,27,28)/t12-,15-,18-/m1/s1. The van der Waals surface area contributed by atoms with Gasteiger partial charge in [0.2, 0.25) is 0 Å². The normalized spacial score (nSPS) is 24.2. The van der Waals surface area contributed by atoms with Gasteiger partial charge in [-0.15, -0.1) is 0 Å². The lowest BCUT2D eigenvalue weighted by atomic mass is 9.95. The first-order chi connectivity index (χ1) is 14.9. The Hall–Kier alpha value is -2.85. The van der Waals surface area contributed by atoms with Crippen molar-refractivity contribution < 1.29 is 22.6 Å². The average Bonchev–Trinajstić information content (AvgIpc) is 3.41. The van der Waals surface area contributed by atoms with Gasteiger partial charge < -0.3 is 19.8 Å². The Bertz CT molecular complexity index is 1090. The predicted molar refractivity (Wildman–Crippen MR) is 108 cm³/mol. The number of aromatic amines is 1. The summed E-state index contributed by atoms with van der Waals surface area (Å²) in [5, 5.41) is 3.70. The van der Waals surface area contributed by atoms with Crippen molar-refractivity contribution in [2.75, 3.05) is 32.1 Å². The van der Waals surface area contributed by atoms with Gasteiger partial charge in [-0.25, -0.2) is 9.97 Å². The topological polar surface area (TPSA) is 75.3 Å². The van der Waals surface area contributed by atoms with Crippen molar-refractivity contribution in [2.45, 2.75) is 30.8 Å². The molecule has 7 nitrogen and oxygen atoms in total. The number of alkyl halides is 3. The van der Waals surface area contributed by atoms with E-state index in [4.69, 9.17) is 9.47 Å². The molecule has 5 rings (SSSR count). The molecule has 2 N–H and O–H groups in total. The van der Waals surface area contributed by atoms with Crippen molar-refractivity contribution >= 4 is 16.9 Å². The molecular weight excluding hydrogens is 411 g/mol. The molecule has 3 aromatic rings. The van der Waals surface area contributed by atoms with Crippen LogP contribution in [0.25, 0.3) is 11.0 Å². The number of ether oxygens (including phenoxy) is 2. The summed E-state index contributed by atoms with van der Waals surface area (Å²) in [6.45, 7) is 2.08. The van der Waals surface area contributed by atoms with E-state index in [2.05, 4.69) is 25.2 Å². The van der Waals surface area contributed by atoms with E-state index in [9.17, 15) is 13.2 Å². The zero-order chi connectivity index (χ0) is 21.6. The second-order valence-corrected chi connectivity index (χ2v) is 7.84. The minimum atomic E-state index is -4.49. The molecule has 0 radical (unpaired) electrons. The van der Waals surface area contributed by atoms with Crippen molar-refractivity contribution in [2.24, 2.45) is 0 Å². The second kappa shape index (κ2) is 7.69. The lowest BCUT2D eigenvalue weighted by molar-refractivity contribution is -0.140. The summed E-state index contributed by atoms with van der Waals surface area (Å²) in [6, 6.07) is 8.50. The lowest BCUT2D eigenvalue weighted by Gasteiger charge is -2.39. The Morgan fingerprint density at radius 3 is 2.87 bits per heavy atom. The molecule has 10 heteroatoms. The number of hydrogen-bond donors (Lipinski definition) is 2. The highest BCUT2D eigenvalue weighted by molar-refractivity contribution is 5.88. The Balaban J connectivity index is 1.52. The SMILES string of the molecule is CO[C@@H]1CCN([C@@H]2COc3ccccc3[C@H]2Nc2ncnc3[nH]c(C(F)(F)F)cc23)C1. The summed E-state index contributed by atoms with van der Waals surface area (Å²) in [4.78, 5) is 12.9. The van der Waals surface area contributed by atoms with Crippen LogP contribution >= 0.6 is 0 Å². The Morgan fingerprint density at radius 1 is 1.26 bits per heavy atom. The number of hydrogen-bond acceptors (Lipinski definition) is 6. The summed E-state index contributed by atoms with van der Waals surface area (Å²) in [5.74, 6) is 1.11. The molecular formula is C21H22F3N5O2. The maximum atomic E-state index is 13.2. The van der Waals surface area contributed by atoms with Crippen LogP contribution in [0.15, 0.2) is 36.7 Å². The first kappa shape index (κ1) is 20.1. The number of halogens is 3. The summed E-state index contributed by atoms with van der Waals surface area (Å²) in [6.07, 6.45) is -2.15. The number of aromatic nitrogens is 3. The average molecular weight is 433 g/mol. The zero-order valence-electron chi connectivity index (χ0n) is 16.8. The van der Waals surface area contributed by atoms with Gasteiger partial charge in [0, 0.05) is 25.8 Å². The molecule has 2 aliphatic rings. The summed E-state index contributed by atoms with van der Waals surface area (Å²) >= 11 is 0. The molecule has 1 saturated heterocycles. The fourth-order valence-electron chi connectivity index (χ4n) is 4.44.